The highest BCUT2D eigenvalue weighted by atomic mass is 19.4. The van der Waals surface area contributed by atoms with E-state index in [0.717, 1.165) is 17.0 Å². The molecule has 4 nitrogen and oxygen atoms in total. The lowest BCUT2D eigenvalue weighted by molar-refractivity contribution is -0.185. The number of pyridine rings is 1. The molecule has 2 atom stereocenters. The summed E-state index contributed by atoms with van der Waals surface area (Å²) in [5.41, 5.74) is -1.96. The van der Waals surface area contributed by atoms with E-state index in [9.17, 15) is 26.3 Å². The number of benzene rings is 1. The number of aromatic nitrogens is 1. The Balaban J connectivity index is 1.88. The van der Waals surface area contributed by atoms with Gasteiger partial charge in [0.25, 0.3) is 0 Å². The zero-order valence-corrected chi connectivity index (χ0v) is 14.8. The molecule has 154 valence electrons. The van der Waals surface area contributed by atoms with Crippen LogP contribution in [0.1, 0.15) is 29.0 Å². The zero-order chi connectivity index (χ0) is 21.2. The minimum atomic E-state index is -4.84. The summed E-state index contributed by atoms with van der Waals surface area (Å²) in [6.07, 6.45) is -6.64. The van der Waals surface area contributed by atoms with Gasteiger partial charge in [-0.15, -0.1) is 0 Å². The van der Waals surface area contributed by atoms with Crippen molar-refractivity contribution in [3.8, 4) is 11.8 Å². The molecule has 29 heavy (non-hydrogen) atoms. The molecular formula is C19H15F6N3O. The van der Waals surface area contributed by atoms with Crippen LogP contribution < -0.4 is 4.74 Å². The SMILES string of the molecule is N#Cc1ccc(C2CCN(COc3ccncc3)C2C(F)(F)F)cc1C(F)(F)F. The maximum Gasteiger partial charge on any atom is 0.417 e. The second-order valence-electron chi connectivity index (χ2n) is 6.56. The zero-order valence-electron chi connectivity index (χ0n) is 14.8. The standard InChI is InChI=1S/C19H15F6N3O/c20-18(21,22)16-9-12(1-2-13(16)10-26)15-5-8-28(17(15)19(23,24)25)11-29-14-3-6-27-7-4-14/h1-4,6-7,9,15,17H,5,8,11H2. The quantitative estimate of drug-likeness (QED) is 0.678. The highest BCUT2D eigenvalue weighted by Crippen LogP contribution is 2.44. The largest absolute Gasteiger partial charge is 0.478 e. The summed E-state index contributed by atoms with van der Waals surface area (Å²) in [5, 5.41) is 8.88. The van der Waals surface area contributed by atoms with Crippen molar-refractivity contribution in [3.05, 3.63) is 59.4 Å². The Morgan fingerprint density at radius 2 is 1.79 bits per heavy atom. The van der Waals surface area contributed by atoms with Crippen LogP contribution in [0.3, 0.4) is 0 Å². The Bertz CT molecular complexity index is 892. The average molecular weight is 415 g/mol. The van der Waals surface area contributed by atoms with Gasteiger partial charge in [0.05, 0.1) is 17.2 Å². The molecule has 10 heteroatoms. The van der Waals surface area contributed by atoms with Gasteiger partial charge in [0.1, 0.15) is 18.5 Å². The van der Waals surface area contributed by atoms with Gasteiger partial charge in [-0.05, 0) is 36.2 Å². The van der Waals surface area contributed by atoms with Crippen molar-refractivity contribution in [3.63, 3.8) is 0 Å². The minimum Gasteiger partial charge on any atom is -0.478 e. The van der Waals surface area contributed by atoms with Crippen molar-refractivity contribution >= 4 is 0 Å². The number of hydrogen-bond acceptors (Lipinski definition) is 4. The van der Waals surface area contributed by atoms with Crippen LogP contribution >= 0.6 is 0 Å². The molecule has 0 amide bonds. The van der Waals surface area contributed by atoms with Crippen molar-refractivity contribution < 1.29 is 31.1 Å². The summed E-state index contributed by atoms with van der Waals surface area (Å²) in [5.74, 6) is -0.869. The van der Waals surface area contributed by atoms with E-state index in [0.29, 0.717) is 11.8 Å². The Morgan fingerprint density at radius 1 is 1.10 bits per heavy atom. The number of likely N-dealkylation sites (tertiary alicyclic amines) is 1. The summed E-state index contributed by atoms with van der Waals surface area (Å²) >= 11 is 0. The van der Waals surface area contributed by atoms with E-state index < -0.39 is 35.4 Å². The fraction of sp³-hybridized carbons (Fsp3) is 0.368. The van der Waals surface area contributed by atoms with Crippen LogP contribution in [0.25, 0.3) is 0 Å². The van der Waals surface area contributed by atoms with Gasteiger partial charge in [-0.3, -0.25) is 9.88 Å². The molecule has 1 saturated heterocycles. The number of rotatable bonds is 4. The first-order valence-corrected chi connectivity index (χ1v) is 8.56. The molecule has 2 unspecified atom stereocenters. The molecule has 0 saturated carbocycles. The van der Waals surface area contributed by atoms with Gasteiger partial charge in [-0.25, -0.2) is 0 Å². The van der Waals surface area contributed by atoms with E-state index in [-0.39, 0.29) is 25.3 Å². The maximum atomic E-state index is 13.8. The third-order valence-corrected chi connectivity index (χ3v) is 4.78. The Kier molecular flexibility index (Phi) is 5.71. The fourth-order valence-electron chi connectivity index (χ4n) is 3.50. The third kappa shape index (κ3) is 4.62. The van der Waals surface area contributed by atoms with Gasteiger partial charge in [-0.2, -0.15) is 31.6 Å². The topological polar surface area (TPSA) is 49.2 Å². The molecule has 0 radical (unpaired) electrons. The van der Waals surface area contributed by atoms with Crippen LogP contribution in [0.5, 0.6) is 5.75 Å². The molecule has 2 aromatic rings. The molecule has 0 N–H and O–H groups in total. The highest BCUT2D eigenvalue weighted by molar-refractivity contribution is 5.43. The van der Waals surface area contributed by atoms with Gasteiger partial charge in [-0.1, -0.05) is 6.07 Å². The first kappa shape index (κ1) is 20.9. The van der Waals surface area contributed by atoms with Gasteiger partial charge in [0, 0.05) is 24.9 Å². The van der Waals surface area contributed by atoms with Gasteiger partial charge >= 0.3 is 12.4 Å². The van der Waals surface area contributed by atoms with Crippen LogP contribution in [-0.2, 0) is 6.18 Å². The van der Waals surface area contributed by atoms with E-state index in [4.69, 9.17) is 10.00 Å². The molecule has 1 aromatic carbocycles. The number of ether oxygens (including phenoxy) is 1. The Morgan fingerprint density at radius 3 is 2.38 bits per heavy atom. The van der Waals surface area contributed by atoms with Crippen molar-refractivity contribution in [2.45, 2.75) is 30.7 Å². The average Bonchev–Trinajstić information content (AvgIpc) is 3.10. The van der Waals surface area contributed by atoms with Gasteiger partial charge in [0.15, 0.2) is 0 Å². The van der Waals surface area contributed by atoms with E-state index in [1.165, 1.54) is 30.6 Å². The van der Waals surface area contributed by atoms with Crippen LogP contribution in [0.15, 0.2) is 42.7 Å². The number of hydrogen-bond donors (Lipinski definition) is 0. The molecule has 1 fully saturated rings. The van der Waals surface area contributed by atoms with Gasteiger partial charge in [0.2, 0.25) is 0 Å². The third-order valence-electron chi connectivity index (χ3n) is 4.78. The van der Waals surface area contributed by atoms with Gasteiger partial charge < -0.3 is 4.74 Å². The normalized spacial score (nSPS) is 20.4. The molecule has 1 aromatic heterocycles. The molecule has 1 aliphatic heterocycles. The Labute approximate surface area is 162 Å². The molecule has 1 aliphatic rings. The van der Waals surface area contributed by atoms with Crippen molar-refractivity contribution in [2.75, 3.05) is 13.3 Å². The van der Waals surface area contributed by atoms with Crippen molar-refractivity contribution in [1.82, 2.24) is 9.88 Å². The molecule has 0 aliphatic carbocycles. The Hall–Kier alpha value is -2.80. The van der Waals surface area contributed by atoms with Crippen molar-refractivity contribution in [2.24, 2.45) is 0 Å². The monoisotopic (exact) mass is 415 g/mol. The number of halogens is 6. The number of alkyl halides is 6. The lowest BCUT2D eigenvalue weighted by Crippen LogP contribution is -2.45. The second kappa shape index (κ2) is 7.91. The number of nitrogens with zero attached hydrogens (tertiary/aromatic N) is 3. The predicted octanol–water partition coefficient (Wildman–Crippen LogP) is 4.73. The summed E-state index contributed by atoms with van der Waals surface area (Å²) in [6.45, 7) is -0.367. The first-order chi connectivity index (χ1) is 13.6. The molecular weight excluding hydrogens is 400 g/mol. The predicted molar refractivity (Wildman–Crippen MR) is 89.8 cm³/mol. The number of nitriles is 1. The summed E-state index contributed by atoms with van der Waals surface area (Å²) < 4.78 is 86.3. The van der Waals surface area contributed by atoms with E-state index >= 15 is 0 Å². The highest BCUT2D eigenvalue weighted by Gasteiger charge is 2.52. The second-order valence-corrected chi connectivity index (χ2v) is 6.56. The van der Waals surface area contributed by atoms with E-state index in [1.807, 2.05) is 0 Å². The smallest absolute Gasteiger partial charge is 0.417 e. The van der Waals surface area contributed by atoms with Crippen LogP contribution in [0.4, 0.5) is 26.3 Å². The maximum absolute atomic E-state index is 13.8. The molecule has 0 spiro atoms. The van der Waals surface area contributed by atoms with Crippen LogP contribution in [0.2, 0.25) is 0 Å². The summed E-state index contributed by atoms with van der Waals surface area (Å²) in [7, 11) is 0. The summed E-state index contributed by atoms with van der Waals surface area (Å²) in [4.78, 5) is 4.84. The van der Waals surface area contributed by atoms with E-state index in [2.05, 4.69) is 4.98 Å². The van der Waals surface area contributed by atoms with Crippen LogP contribution in [-0.4, -0.2) is 35.4 Å². The fourth-order valence-corrected chi connectivity index (χ4v) is 3.50. The van der Waals surface area contributed by atoms with Crippen molar-refractivity contribution in [1.29, 1.82) is 5.26 Å². The molecule has 3 rings (SSSR count). The van der Waals surface area contributed by atoms with Crippen LogP contribution in [0, 0.1) is 11.3 Å². The first-order valence-electron chi connectivity index (χ1n) is 8.56. The summed E-state index contributed by atoms with van der Waals surface area (Å²) in [6, 6.07) is 5.14. The minimum absolute atomic E-state index is 0.00127. The molecule has 2 heterocycles. The molecule has 0 bridgehead atoms. The van der Waals surface area contributed by atoms with E-state index in [1.54, 1.807) is 0 Å². The lowest BCUT2D eigenvalue weighted by Gasteiger charge is -2.30. The lowest BCUT2D eigenvalue weighted by atomic mass is 9.89.